The molecule has 0 aliphatic carbocycles. The van der Waals surface area contributed by atoms with Crippen LogP contribution >= 0.6 is 0 Å². The second kappa shape index (κ2) is 9.72. The van der Waals surface area contributed by atoms with Crippen molar-refractivity contribution in [3.8, 4) is 0 Å². The fourth-order valence-corrected chi connectivity index (χ4v) is 2.47. The molecule has 6 nitrogen and oxygen atoms in total. The van der Waals surface area contributed by atoms with Gasteiger partial charge in [-0.05, 0) is 38.9 Å². The second-order valence-electron chi connectivity index (χ2n) is 5.07. The lowest BCUT2D eigenvalue weighted by Gasteiger charge is -2.33. The van der Waals surface area contributed by atoms with E-state index in [4.69, 9.17) is 0 Å². The monoisotopic (exact) mass is 285 g/mol. The number of esters is 1. The number of hydrogen-bond donors (Lipinski definition) is 2. The average molecular weight is 285 g/mol. The van der Waals surface area contributed by atoms with E-state index in [1.807, 2.05) is 0 Å². The van der Waals surface area contributed by atoms with Gasteiger partial charge in [-0.15, -0.1) is 0 Å². The van der Waals surface area contributed by atoms with Crippen molar-refractivity contribution in [1.82, 2.24) is 15.5 Å². The maximum absolute atomic E-state index is 11.9. The molecule has 1 rings (SSSR count). The van der Waals surface area contributed by atoms with Crippen LogP contribution in [0.2, 0.25) is 0 Å². The van der Waals surface area contributed by atoms with Gasteiger partial charge in [-0.25, -0.2) is 0 Å². The molecule has 0 unspecified atom stereocenters. The summed E-state index contributed by atoms with van der Waals surface area (Å²) < 4.78 is 4.55. The number of ether oxygens (including phenoxy) is 1. The lowest BCUT2D eigenvalue weighted by molar-refractivity contribution is -0.140. The fourth-order valence-electron chi connectivity index (χ4n) is 2.47. The first kappa shape index (κ1) is 16.9. The molecule has 0 aromatic rings. The van der Waals surface area contributed by atoms with Crippen molar-refractivity contribution >= 4 is 11.9 Å². The van der Waals surface area contributed by atoms with Gasteiger partial charge in [0, 0.05) is 19.0 Å². The van der Waals surface area contributed by atoms with Crippen LogP contribution in [0, 0.1) is 0 Å². The minimum atomic E-state index is -0.232. The number of nitrogens with zero attached hydrogens (tertiary/aromatic N) is 1. The summed E-state index contributed by atoms with van der Waals surface area (Å²) in [6.07, 6.45) is 3.17. The smallest absolute Gasteiger partial charge is 0.305 e. The summed E-state index contributed by atoms with van der Waals surface area (Å²) in [5.41, 5.74) is 0. The summed E-state index contributed by atoms with van der Waals surface area (Å²) in [6.45, 7) is 6.01. The molecule has 1 aliphatic heterocycles. The molecule has 0 spiro atoms. The van der Waals surface area contributed by atoms with Crippen LogP contribution in [-0.2, 0) is 14.3 Å². The summed E-state index contributed by atoms with van der Waals surface area (Å²) in [5.74, 6) is -0.195. The Balaban J connectivity index is 2.20. The molecule has 0 aromatic carbocycles. The van der Waals surface area contributed by atoms with Gasteiger partial charge in [0.1, 0.15) is 0 Å². The zero-order valence-electron chi connectivity index (χ0n) is 12.6. The Kier molecular flexibility index (Phi) is 8.22. The maximum Gasteiger partial charge on any atom is 0.305 e. The highest BCUT2D eigenvalue weighted by atomic mass is 16.5. The number of likely N-dealkylation sites (N-methyl/N-ethyl adjacent to an activating group) is 1. The molecule has 1 heterocycles. The summed E-state index contributed by atoms with van der Waals surface area (Å²) in [7, 11) is 1.37. The van der Waals surface area contributed by atoms with Crippen LogP contribution in [-0.4, -0.2) is 62.7 Å². The molecule has 0 aromatic heterocycles. The minimum Gasteiger partial charge on any atom is -0.469 e. The van der Waals surface area contributed by atoms with E-state index < -0.39 is 0 Å². The zero-order chi connectivity index (χ0) is 14.8. The van der Waals surface area contributed by atoms with Crippen molar-refractivity contribution in [3.05, 3.63) is 0 Å². The zero-order valence-corrected chi connectivity index (χ0v) is 12.6. The van der Waals surface area contributed by atoms with Crippen LogP contribution in [0.5, 0.6) is 0 Å². The van der Waals surface area contributed by atoms with Crippen molar-refractivity contribution in [3.63, 3.8) is 0 Å². The number of piperidine rings is 1. The summed E-state index contributed by atoms with van der Waals surface area (Å²) in [5, 5.41) is 6.20. The van der Waals surface area contributed by atoms with Crippen molar-refractivity contribution in [1.29, 1.82) is 0 Å². The number of carbonyl (C=O) groups is 2. The number of methoxy groups -OCH3 is 1. The molecule has 1 saturated heterocycles. The summed E-state index contributed by atoms with van der Waals surface area (Å²) in [4.78, 5) is 25.1. The van der Waals surface area contributed by atoms with E-state index in [0.29, 0.717) is 32.0 Å². The minimum absolute atomic E-state index is 0.0373. The van der Waals surface area contributed by atoms with Crippen LogP contribution in [0.25, 0.3) is 0 Å². The Morgan fingerprint density at radius 1 is 1.35 bits per heavy atom. The number of nitrogens with one attached hydrogen (secondary N) is 2. The number of carbonyl (C=O) groups excluding carboxylic acids is 2. The van der Waals surface area contributed by atoms with Crippen molar-refractivity contribution < 1.29 is 14.3 Å². The summed E-state index contributed by atoms with van der Waals surface area (Å²) >= 11 is 0. The lowest BCUT2D eigenvalue weighted by Crippen LogP contribution is -2.47. The first-order chi connectivity index (χ1) is 9.67. The largest absolute Gasteiger partial charge is 0.469 e. The van der Waals surface area contributed by atoms with E-state index in [2.05, 4.69) is 27.2 Å². The van der Waals surface area contributed by atoms with Gasteiger partial charge in [0.05, 0.1) is 13.7 Å². The molecule has 1 aliphatic rings. The molecule has 1 fully saturated rings. The van der Waals surface area contributed by atoms with E-state index in [9.17, 15) is 9.59 Å². The van der Waals surface area contributed by atoms with E-state index >= 15 is 0 Å². The van der Waals surface area contributed by atoms with E-state index in [-0.39, 0.29) is 11.9 Å². The molecule has 2 N–H and O–H groups in total. The molecule has 0 atom stereocenters. The van der Waals surface area contributed by atoms with Gasteiger partial charge in [-0.2, -0.15) is 0 Å². The molecule has 6 heteroatoms. The van der Waals surface area contributed by atoms with Gasteiger partial charge in [0.15, 0.2) is 0 Å². The van der Waals surface area contributed by atoms with E-state index in [1.54, 1.807) is 0 Å². The van der Waals surface area contributed by atoms with Gasteiger partial charge >= 0.3 is 5.97 Å². The predicted octanol–water partition coefficient (Wildman–Crippen LogP) is 0.130. The van der Waals surface area contributed by atoms with Crippen LogP contribution in [0.15, 0.2) is 0 Å². The van der Waals surface area contributed by atoms with Crippen LogP contribution in [0.3, 0.4) is 0 Å². The van der Waals surface area contributed by atoms with E-state index in [1.165, 1.54) is 7.11 Å². The number of amides is 1. The van der Waals surface area contributed by atoms with E-state index in [0.717, 1.165) is 32.5 Å². The first-order valence-corrected chi connectivity index (χ1v) is 7.45. The van der Waals surface area contributed by atoms with Crippen molar-refractivity contribution in [2.75, 3.05) is 39.8 Å². The normalized spacial score (nSPS) is 16.1. The quantitative estimate of drug-likeness (QED) is 0.490. The van der Waals surface area contributed by atoms with Crippen LogP contribution in [0.4, 0.5) is 0 Å². The Labute approximate surface area is 121 Å². The molecular weight excluding hydrogens is 258 g/mol. The molecule has 0 radical (unpaired) electrons. The van der Waals surface area contributed by atoms with Crippen molar-refractivity contribution in [2.45, 2.75) is 38.6 Å². The summed E-state index contributed by atoms with van der Waals surface area (Å²) in [6, 6.07) is 0.502. The van der Waals surface area contributed by atoms with Gasteiger partial charge in [0.2, 0.25) is 5.91 Å². The van der Waals surface area contributed by atoms with Crippen LogP contribution in [0.1, 0.15) is 32.6 Å². The molecular formula is C14H27N3O3. The standard InChI is InChI=1S/C14H27N3O3/c1-3-17(12-6-9-15-10-7-12)11-13(18)16-8-4-5-14(19)20-2/h12,15H,3-11H2,1-2H3,(H,16,18). The third-order valence-corrected chi connectivity index (χ3v) is 3.69. The molecule has 116 valence electrons. The highest BCUT2D eigenvalue weighted by molar-refractivity contribution is 5.78. The predicted molar refractivity (Wildman–Crippen MR) is 77.4 cm³/mol. The molecule has 1 amide bonds. The lowest BCUT2D eigenvalue weighted by atomic mass is 10.0. The van der Waals surface area contributed by atoms with Gasteiger partial charge in [-0.3, -0.25) is 14.5 Å². The Morgan fingerprint density at radius 2 is 2.05 bits per heavy atom. The maximum atomic E-state index is 11.9. The Morgan fingerprint density at radius 3 is 2.65 bits per heavy atom. The topological polar surface area (TPSA) is 70.7 Å². The number of rotatable bonds is 8. The molecule has 20 heavy (non-hydrogen) atoms. The SMILES string of the molecule is CCN(CC(=O)NCCCC(=O)OC)C1CCNCC1. The Bertz CT molecular complexity index is 304. The van der Waals surface area contributed by atoms with Gasteiger partial charge in [-0.1, -0.05) is 6.92 Å². The second-order valence-corrected chi connectivity index (χ2v) is 5.07. The van der Waals surface area contributed by atoms with Gasteiger partial charge < -0.3 is 15.4 Å². The third-order valence-electron chi connectivity index (χ3n) is 3.69. The first-order valence-electron chi connectivity index (χ1n) is 7.45. The highest BCUT2D eigenvalue weighted by Crippen LogP contribution is 2.10. The molecule has 0 saturated carbocycles. The molecule has 0 bridgehead atoms. The fraction of sp³-hybridized carbons (Fsp3) is 0.857. The average Bonchev–Trinajstić information content (AvgIpc) is 2.49. The van der Waals surface area contributed by atoms with Gasteiger partial charge in [0.25, 0.3) is 0 Å². The van der Waals surface area contributed by atoms with Crippen LogP contribution < -0.4 is 10.6 Å². The van der Waals surface area contributed by atoms with Crippen molar-refractivity contribution in [2.24, 2.45) is 0 Å². The third kappa shape index (κ3) is 6.34. The highest BCUT2D eigenvalue weighted by Gasteiger charge is 2.21. The Hall–Kier alpha value is -1.14. The number of hydrogen-bond acceptors (Lipinski definition) is 5.